The van der Waals surface area contributed by atoms with E-state index in [1.165, 1.54) is 11.3 Å². The number of nitrogens with zero attached hydrogens (tertiary/aromatic N) is 6. The van der Waals surface area contributed by atoms with Gasteiger partial charge in [0.25, 0.3) is 0 Å². The normalized spacial score (nSPS) is 10.5. The average molecular weight is 313 g/mol. The van der Waals surface area contributed by atoms with Crippen LogP contribution in [0.3, 0.4) is 0 Å². The van der Waals surface area contributed by atoms with E-state index in [4.69, 9.17) is 0 Å². The first kappa shape index (κ1) is 14.3. The van der Waals surface area contributed by atoms with Gasteiger partial charge in [0.05, 0.1) is 12.2 Å². The summed E-state index contributed by atoms with van der Waals surface area (Å²) >= 11 is 1.53. The largest absolute Gasteiger partial charge is 0.361 e. The molecule has 3 rings (SSSR count). The van der Waals surface area contributed by atoms with Gasteiger partial charge in [-0.05, 0) is 6.07 Å². The van der Waals surface area contributed by atoms with E-state index in [0.717, 1.165) is 22.3 Å². The van der Waals surface area contributed by atoms with E-state index in [0.29, 0.717) is 12.4 Å². The minimum absolute atomic E-state index is 0.572. The molecule has 3 heterocycles. The Morgan fingerprint density at radius 1 is 1.05 bits per heavy atom. The molecule has 0 spiro atoms. The summed E-state index contributed by atoms with van der Waals surface area (Å²) in [7, 11) is 3.87. The van der Waals surface area contributed by atoms with Crippen LogP contribution in [-0.2, 0) is 6.54 Å². The van der Waals surface area contributed by atoms with E-state index in [2.05, 4.69) is 30.2 Å². The van der Waals surface area contributed by atoms with E-state index in [-0.39, 0.29) is 0 Å². The van der Waals surface area contributed by atoms with Crippen molar-refractivity contribution < 1.29 is 0 Å². The van der Waals surface area contributed by atoms with Gasteiger partial charge in [-0.1, -0.05) is 0 Å². The molecule has 0 radical (unpaired) electrons. The van der Waals surface area contributed by atoms with E-state index >= 15 is 0 Å². The van der Waals surface area contributed by atoms with Crippen LogP contribution in [0.5, 0.6) is 0 Å². The van der Waals surface area contributed by atoms with Gasteiger partial charge in [-0.25, -0.2) is 24.9 Å². The maximum Gasteiger partial charge on any atom is 0.188 e. The summed E-state index contributed by atoms with van der Waals surface area (Å²) in [6.07, 6.45) is 6.77. The standard InChI is InChI=1S/C14H15N7S/c1-21(2)13-11(17-6-7-18-13)19-8-10-9-22-14(20-10)12-15-4-3-5-16-12/h3-7,9H,8H2,1-2H3,(H,17,19). The molecule has 0 fully saturated rings. The van der Waals surface area contributed by atoms with Gasteiger partial charge >= 0.3 is 0 Å². The van der Waals surface area contributed by atoms with E-state index in [9.17, 15) is 0 Å². The Bertz CT molecular complexity index is 742. The summed E-state index contributed by atoms with van der Waals surface area (Å²) in [5.41, 5.74) is 0.919. The van der Waals surface area contributed by atoms with Crippen molar-refractivity contribution in [2.75, 3.05) is 24.3 Å². The molecule has 8 heteroatoms. The molecule has 0 aliphatic rings. The van der Waals surface area contributed by atoms with Crippen LogP contribution < -0.4 is 10.2 Å². The van der Waals surface area contributed by atoms with E-state index in [1.54, 1.807) is 30.9 Å². The van der Waals surface area contributed by atoms with Crippen molar-refractivity contribution >= 4 is 23.0 Å². The number of hydrogen-bond donors (Lipinski definition) is 1. The lowest BCUT2D eigenvalue weighted by molar-refractivity contribution is 0.999. The fourth-order valence-electron chi connectivity index (χ4n) is 1.86. The molecule has 0 aliphatic carbocycles. The van der Waals surface area contributed by atoms with Gasteiger partial charge in [0.15, 0.2) is 22.5 Å². The first-order chi connectivity index (χ1) is 10.7. The number of nitrogens with one attached hydrogen (secondary N) is 1. The van der Waals surface area contributed by atoms with Gasteiger partial charge < -0.3 is 10.2 Å². The van der Waals surface area contributed by atoms with Crippen LogP contribution in [-0.4, -0.2) is 39.0 Å². The molecular weight excluding hydrogens is 298 g/mol. The molecule has 0 unspecified atom stereocenters. The second kappa shape index (κ2) is 6.44. The van der Waals surface area contributed by atoms with Gasteiger partial charge in [-0.2, -0.15) is 0 Å². The van der Waals surface area contributed by atoms with Gasteiger partial charge in [0.1, 0.15) is 0 Å². The van der Waals surface area contributed by atoms with E-state index in [1.807, 2.05) is 24.4 Å². The Morgan fingerprint density at radius 2 is 1.82 bits per heavy atom. The average Bonchev–Trinajstić information content (AvgIpc) is 3.03. The Kier molecular flexibility index (Phi) is 4.19. The monoisotopic (exact) mass is 313 g/mol. The lowest BCUT2D eigenvalue weighted by Crippen LogP contribution is -2.15. The predicted molar refractivity (Wildman–Crippen MR) is 86.8 cm³/mol. The Hall–Kier alpha value is -2.61. The summed E-state index contributed by atoms with van der Waals surface area (Å²) in [5, 5.41) is 6.06. The van der Waals surface area contributed by atoms with Crippen molar-refractivity contribution in [1.82, 2.24) is 24.9 Å². The van der Waals surface area contributed by atoms with Crippen LogP contribution >= 0.6 is 11.3 Å². The molecule has 0 saturated heterocycles. The molecule has 1 N–H and O–H groups in total. The zero-order valence-electron chi connectivity index (χ0n) is 12.3. The Morgan fingerprint density at radius 3 is 2.59 bits per heavy atom. The number of hydrogen-bond acceptors (Lipinski definition) is 8. The first-order valence-corrected chi connectivity index (χ1v) is 7.56. The van der Waals surface area contributed by atoms with Crippen molar-refractivity contribution in [3.05, 3.63) is 41.9 Å². The molecule has 0 aliphatic heterocycles. The second-order valence-electron chi connectivity index (χ2n) is 4.69. The van der Waals surface area contributed by atoms with E-state index < -0.39 is 0 Å². The highest BCUT2D eigenvalue weighted by Crippen LogP contribution is 2.21. The number of rotatable bonds is 5. The lowest BCUT2D eigenvalue weighted by Gasteiger charge is -2.15. The fraction of sp³-hybridized carbons (Fsp3) is 0.214. The molecule has 3 aromatic rings. The smallest absolute Gasteiger partial charge is 0.188 e. The SMILES string of the molecule is CN(C)c1nccnc1NCc1csc(-c2ncccn2)n1. The molecule has 0 bridgehead atoms. The quantitative estimate of drug-likeness (QED) is 0.772. The number of thiazole rings is 1. The molecule has 22 heavy (non-hydrogen) atoms. The highest BCUT2D eigenvalue weighted by Gasteiger charge is 2.09. The molecule has 0 atom stereocenters. The van der Waals surface area contributed by atoms with Crippen molar-refractivity contribution in [2.24, 2.45) is 0 Å². The van der Waals surface area contributed by atoms with Crippen molar-refractivity contribution in [2.45, 2.75) is 6.54 Å². The number of anilines is 2. The summed E-state index contributed by atoms with van der Waals surface area (Å²) in [6.45, 7) is 0.572. The van der Waals surface area contributed by atoms with Crippen LogP contribution in [0.25, 0.3) is 10.8 Å². The molecule has 7 nitrogen and oxygen atoms in total. The third kappa shape index (κ3) is 3.17. The van der Waals surface area contributed by atoms with Gasteiger partial charge in [-0.15, -0.1) is 11.3 Å². The summed E-state index contributed by atoms with van der Waals surface area (Å²) in [5.74, 6) is 2.18. The predicted octanol–water partition coefficient (Wildman–Crippen LogP) is 2.07. The first-order valence-electron chi connectivity index (χ1n) is 6.68. The van der Waals surface area contributed by atoms with Gasteiger partial charge in [0.2, 0.25) is 0 Å². The highest BCUT2D eigenvalue weighted by molar-refractivity contribution is 7.13. The van der Waals surface area contributed by atoms with Crippen molar-refractivity contribution in [1.29, 1.82) is 0 Å². The van der Waals surface area contributed by atoms with Crippen LogP contribution in [0.4, 0.5) is 11.6 Å². The van der Waals surface area contributed by atoms with Crippen LogP contribution in [0.1, 0.15) is 5.69 Å². The highest BCUT2D eigenvalue weighted by atomic mass is 32.1. The van der Waals surface area contributed by atoms with Crippen LogP contribution in [0.15, 0.2) is 36.2 Å². The minimum Gasteiger partial charge on any atom is -0.361 e. The third-order valence-electron chi connectivity index (χ3n) is 2.85. The van der Waals surface area contributed by atoms with Crippen LogP contribution in [0.2, 0.25) is 0 Å². The molecule has 0 amide bonds. The molecular formula is C14H15N7S. The zero-order valence-corrected chi connectivity index (χ0v) is 13.1. The maximum absolute atomic E-state index is 4.54. The zero-order chi connectivity index (χ0) is 15.4. The maximum atomic E-state index is 4.54. The molecule has 3 aromatic heterocycles. The van der Waals surface area contributed by atoms with Crippen molar-refractivity contribution in [3.63, 3.8) is 0 Å². The third-order valence-corrected chi connectivity index (χ3v) is 3.74. The topological polar surface area (TPSA) is 79.7 Å². The number of aromatic nitrogens is 5. The van der Waals surface area contributed by atoms with Crippen LogP contribution in [0, 0.1) is 0 Å². The van der Waals surface area contributed by atoms with Gasteiger partial charge in [0, 0.05) is 44.3 Å². The fourth-order valence-corrected chi connectivity index (χ4v) is 2.62. The summed E-state index contributed by atoms with van der Waals surface area (Å²) in [4.78, 5) is 23.5. The second-order valence-corrected chi connectivity index (χ2v) is 5.55. The Labute approximate surface area is 132 Å². The van der Waals surface area contributed by atoms with Gasteiger partial charge in [-0.3, -0.25) is 0 Å². The molecule has 0 saturated carbocycles. The van der Waals surface area contributed by atoms with Crippen molar-refractivity contribution in [3.8, 4) is 10.8 Å². The summed E-state index contributed by atoms with van der Waals surface area (Å²) < 4.78 is 0. The molecule has 0 aromatic carbocycles. The molecule has 112 valence electrons. The lowest BCUT2D eigenvalue weighted by atomic mass is 10.4. The summed E-state index contributed by atoms with van der Waals surface area (Å²) in [6, 6.07) is 1.79. The minimum atomic E-state index is 0.572. The Balaban J connectivity index is 1.72.